The van der Waals surface area contributed by atoms with Crippen LogP contribution in [0.1, 0.15) is 51.9 Å². The van der Waals surface area contributed by atoms with E-state index in [1.807, 2.05) is 20.8 Å². The second-order valence-electron chi connectivity index (χ2n) is 7.10. The van der Waals surface area contributed by atoms with E-state index >= 15 is 0 Å². The van der Waals surface area contributed by atoms with Crippen molar-refractivity contribution in [3.63, 3.8) is 0 Å². The molecule has 0 radical (unpaired) electrons. The van der Waals surface area contributed by atoms with E-state index in [2.05, 4.69) is 41.0 Å². The molecule has 0 amide bonds. The Balaban J connectivity index is 2.61. The van der Waals surface area contributed by atoms with E-state index in [1.54, 1.807) is 6.20 Å². The quantitative estimate of drug-likeness (QED) is 0.823. The van der Waals surface area contributed by atoms with Crippen LogP contribution in [0.4, 0.5) is 5.82 Å². The van der Waals surface area contributed by atoms with Crippen LogP contribution >= 0.6 is 0 Å². The fraction of sp³-hybridized carbons (Fsp3) is 0.533. The molecule has 2 aromatic heterocycles. The third-order valence-electron chi connectivity index (χ3n) is 2.89. The molecule has 0 spiro atoms. The molecule has 0 saturated carbocycles. The molecule has 0 fully saturated rings. The molecule has 2 N–H and O–H groups in total. The number of Topliss-reactive ketones (excluding diaryl/α,β-unsaturated/α-hetero) is 1. The number of anilines is 1. The highest BCUT2D eigenvalue weighted by molar-refractivity contribution is 6.12. The molecular formula is C15H22N4O. The van der Waals surface area contributed by atoms with Gasteiger partial charge in [-0.25, -0.2) is 9.97 Å². The number of H-pyrrole nitrogens is 1. The van der Waals surface area contributed by atoms with E-state index < -0.39 is 5.41 Å². The minimum absolute atomic E-state index is 0.0792. The molecule has 0 saturated heterocycles. The molecule has 0 aliphatic carbocycles. The molecule has 20 heavy (non-hydrogen) atoms. The number of nitrogens with zero attached hydrogens (tertiary/aromatic N) is 2. The highest BCUT2D eigenvalue weighted by Crippen LogP contribution is 2.30. The third-order valence-corrected chi connectivity index (χ3v) is 2.89. The zero-order chi connectivity index (χ0) is 15.1. The van der Waals surface area contributed by atoms with Gasteiger partial charge in [-0.05, 0) is 20.8 Å². The number of aromatic amines is 1. The summed E-state index contributed by atoms with van der Waals surface area (Å²) in [4.78, 5) is 24.1. The number of nitrogens with one attached hydrogen (secondary N) is 2. The first-order chi connectivity index (χ1) is 9.09. The van der Waals surface area contributed by atoms with Crippen molar-refractivity contribution in [2.45, 2.75) is 47.1 Å². The molecule has 2 aromatic rings. The molecule has 0 bridgehead atoms. The summed E-state index contributed by atoms with van der Waals surface area (Å²) >= 11 is 0. The lowest BCUT2D eigenvalue weighted by molar-refractivity contribution is 0.0860. The van der Waals surface area contributed by atoms with Crippen LogP contribution < -0.4 is 5.32 Å². The van der Waals surface area contributed by atoms with Crippen molar-refractivity contribution < 1.29 is 4.79 Å². The third kappa shape index (κ3) is 2.81. The van der Waals surface area contributed by atoms with Crippen LogP contribution in [-0.2, 0) is 0 Å². The van der Waals surface area contributed by atoms with E-state index in [4.69, 9.17) is 0 Å². The SMILES string of the molecule is CC(C)(C)Nc1ncnc2[nH]cc(C(=O)C(C)(C)C)c12. The monoisotopic (exact) mass is 274 g/mol. The van der Waals surface area contributed by atoms with Gasteiger partial charge >= 0.3 is 0 Å². The number of rotatable bonds is 2. The van der Waals surface area contributed by atoms with Gasteiger partial charge in [0, 0.05) is 22.7 Å². The van der Waals surface area contributed by atoms with Crippen LogP contribution in [0.3, 0.4) is 0 Å². The van der Waals surface area contributed by atoms with Gasteiger partial charge in [0.05, 0.1) is 5.39 Å². The summed E-state index contributed by atoms with van der Waals surface area (Å²) in [6, 6.07) is 0. The normalized spacial score (nSPS) is 12.7. The standard InChI is InChI=1S/C15H22N4O/c1-14(2,3)11(20)9-7-16-12-10(9)13(18-8-17-12)19-15(4,5)6/h7-8H,1-6H3,(H2,16,17,18,19). The van der Waals surface area contributed by atoms with Crippen LogP contribution in [-0.4, -0.2) is 26.3 Å². The summed E-state index contributed by atoms with van der Waals surface area (Å²) in [5, 5.41) is 4.10. The topological polar surface area (TPSA) is 70.7 Å². The molecule has 0 aliphatic rings. The molecule has 5 heteroatoms. The van der Waals surface area contributed by atoms with Crippen molar-refractivity contribution in [1.82, 2.24) is 15.0 Å². The molecule has 0 unspecified atom stereocenters. The van der Waals surface area contributed by atoms with Crippen molar-refractivity contribution in [2.24, 2.45) is 5.41 Å². The smallest absolute Gasteiger partial charge is 0.170 e. The molecular weight excluding hydrogens is 252 g/mol. The zero-order valence-electron chi connectivity index (χ0n) is 13.0. The second kappa shape index (κ2) is 4.58. The van der Waals surface area contributed by atoms with E-state index in [1.165, 1.54) is 6.33 Å². The Morgan fingerprint density at radius 1 is 1.15 bits per heavy atom. The fourth-order valence-electron chi connectivity index (χ4n) is 2.00. The minimum atomic E-state index is -0.441. The lowest BCUT2D eigenvalue weighted by atomic mass is 9.86. The first-order valence-electron chi connectivity index (χ1n) is 6.75. The Morgan fingerprint density at radius 3 is 2.35 bits per heavy atom. The van der Waals surface area contributed by atoms with Crippen LogP contribution in [0.25, 0.3) is 11.0 Å². The van der Waals surface area contributed by atoms with Gasteiger partial charge in [0.2, 0.25) is 0 Å². The maximum absolute atomic E-state index is 12.6. The predicted octanol–water partition coefficient (Wildman–Crippen LogP) is 3.40. The minimum Gasteiger partial charge on any atom is -0.365 e. The lowest BCUT2D eigenvalue weighted by Gasteiger charge is -2.22. The van der Waals surface area contributed by atoms with Crippen LogP contribution in [0.2, 0.25) is 0 Å². The Hall–Kier alpha value is -1.91. The van der Waals surface area contributed by atoms with Crippen molar-refractivity contribution in [1.29, 1.82) is 0 Å². The maximum Gasteiger partial charge on any atom is 0.170 e. The van der Waals surface area contributed by atoms with Crippen molar-refractivity contribution in [2.75, 3.05) is 5.32 Å². The van der Waals surface area contributed by atoms with E-state index in [0.29, 0.717) is 17.0 Å². The van der Waals surface area contributed by atoms with Gasteiger partial charge in [-0.3, -0.25) is 4.79 Å². The van der Waals surface area contributed by atoms with E-state index in [-0.39, 0.29) is 11.3 Å². The van der Waals surface area contributed by atoms with Crippen molar-refractivity contribution in [3.05, 3.63) is 18.1 Å². The number of aromatic nitrogens is 3. The van der Waals surface area contributed by atoms with Gasteiger partial charge in [-0.15, -0.1) is 0 Å². The molecule has 2 heterocycles. The average molecular weight is 274 g/mol. The van der Waals surface area contributed by atoms with Crippen molar-refractivity contribution >= 4 is 22.6 Å². The first kappa shape index (κ1) is 14.5. The summed E-state index contributed by atoms with van der Waals surface area (Å²) in [6.45, 7) is 11.9. The van der Waals surface area contributed by atoms with Gasteiger partial charge in [0.25, 0.3) is 0 Å². The average Bonchev–Trinajstić information content (AvgIpc) is 2.69. The molecule has 0 aliphatic heterocycles. The van der Waals surface area contributed by atoms with Crippen LogP contribution in [0.15, 0.2) is 12.5 Å². The largest absolute Gasteiger partial charge is 0.365 e. The number of carbonyl (C=O) groups excluding carboxylic acids is 1. The summed E-state index contributed by atoms with van der Waals surface area (Å²) in [5.41, 5.74) is 0.740. The molecule has 2 rings (SSSR count). The van der Waals surface area contributed by atoms with Gasteiger partial charge in [-0.1, -0.05) is 20.8 Å². The second-order valence-corrected chi connectivity index (χ2v) is 7.10. The van der Waals surface area contributed by atoms with Crippen LogP contribution in [0, 0.1) is 5.41 Å². The Labute approximate surface area is 119 Å². The lowest BCUT2D eigenvalue weighted by Crippen LogP contribution is -2.27. The van der Waals surface area contributed by atoms with Gasteiger partial charge in [0.15, 0.2) is 5.78 Å². The van der Waals surface area contributed by atoms with E-state index in [9.17, 15) is 4.79 Å². The molecule has 108 valence electrons. The molecule has 0 aromatic carbocycles. The van der Waals surface area contributed by atoms with Crippen molar-refractivity contribution in [3.8, 4) is 0 Å². The highest BCUT2D eigenvalue weighted by Gasteiger charge is 2.27. The fourth-order valence-corrected chi connectivity index (χ4v) is 2.00. The summed E-state index contributed by atoms with van der Waals surface area (Å²) in [7, 11) is 0. The van der Waals surface area contributed by atoms with Crippen LogP contribution in [0.5, 0.6) is 0 Å². The molecule has 0 atom stereocenters. The number of fused-ring (bicyclic) bond motifs is 1. The van der Waals surface area contributed by atoms with Gasteiger partial charge < -0.3 is 10.3 Å². The summed E-state index contributed by atoms with van der Waals surface area (Å²) in [6.07, 6.45) is 3.22. The summed E-state index contributed by atoms with van der Waals surface area (Å²) in [5.74, 6) is 0.770. The maximum atomic E-state index is 12.6. The van der Waals surface area contributed by atoms with E-state index in [0.717, 1.165) is 5.39 Å². The summed E-state index contributed by atoms with van der Waals surface area (Å²) < 4.78 is 0. The first-order valence-corrected chi connectivity index (χ1v) is 6.75. The Bertz CT molecular complexity index is 644. The zero-order valence-corrected chi connectivity index (χ0v) is 13.0. The number of ketones is 1. The van der Waals surface area contributed by atoms with Gasteiger partial charge in [-0.2, -0.15) is 0 Å². The number of carbonyl (C=O) groups is 1. The Morgan fingerprint density at radius 2 is 1.80 bits per heavy atom. The predicted molar refractivity (Wildman–Crippen MR) is 81.0 cm³/mol. The van der Waals surface area contributed by atoms with Gasteiger partial charge in [0.1, 0.15) is 17.8 Å². The Kier molecular flexibility index (Phi) is 3.32. The highest BCUT2D eigenvalue weighted by atomic mass is 16.1. The number of hydrogen-bond acceptors (Lipinski definition) is 4. The number of hydrogen-bond donors (Lipinski definition) is 2. The molecule has 5 nitrogen and oxygen atoms in total.